The molecular formula is C14H21N3O3. The Kier molecular flexibility index (Phi) is 5.52. The van der Waals surface area contributed by atoms with Gasteiger partial charge in [0, 0.05) is 12.1 Å². The van der Waals surface area contributed by atoms with Gasteiger partial charge in [0.2, 0.25) is 0 Å². The number of hydrogen-bond donors (Lipinski definition) is 4. The summed E-state index contributed by atoms with van der Waals surface area (Å²) >= 11 is 0. The van der Waals surface area contributed by atoms with Gasteiger partial charge in [0.1, 0.15) is 0 Å². The van der Waals surface area contributed by atoms with Crippen molar-refractivity contribution >= 4 is 11.9 Å². The van der Waals surface area contributed by atoms with Gasteiger partial charge in [0.05, 0.1) is 12.1 Å². The molecule has 5 N–H and O–H groups in total. The number of aliphatic hydroxyl groups is 1. The van der Waals surface area contributed by atoms with Crippen LogP contribution in [-0.2, 0) is 6.54 Å². The van der Waals surface area contributed by atoms with Gasteiger partial charge in [0.25, 0.3) is 5.91 Å². The van der Waals surface area contributed by atoms with E-state index < -0.39 is 11.6 Å². The van der Waals surface area contributed by atoms with Gasteiger partial charge in [-0.25, -0.2) is 4.79 Å². The first kappa shape index (κ1) is 16.0. The highest BCUT2D eigenvalue weighted by molar-refractivity contribution is 5.94. The van der Waals surface area contributed by atoms with E-state index >= 15 is 0 Å². The lowest BCUT2D eigenvalue weighted by Crippen LogP contribution is -2.48. The van der Waals surface area contributed by atoms with Crippen molar-refractivity contribution in [3.8, 4) is 0 Å². The van der Waals surface area contributed by atoms with E-state index in [1.807, 2.05) is 6.92 Å². The zero-order valence-corrected chi connectivity index (χ0v) is 11.8. The first-order valence-corrected chi connectivity index (χ1v) is 6.46. The van der Waals surface area contributed by atoms with Crippen LogP contribution in [0.5, 0.6) is 0 Å². The van der Waals surface area contributed by atoms with E-state index in [4.69, 9.17) is 5.73 Å². The molecule has 0 fully saturated rings. The van der Waals surface area contributed by atoms with Crippen LogP contribution in [0.2, 0.25) is 0 Å². The highest BCUT2D eigenvalue weighted by atomic mass is 16.3. The molecule has 3 amide bonds. The van der Waals surface area contributed by atoms with Gasteiger partial charge in [-0.3, -0.25) is 4.79 Å². The van der Waals surface area contributed by atoms with E-state index in [9.17, 15) is 14.7 Å². The summed E-state index contributed by atoms with van der Waals surface area (Å²) < 4.78 is 0. The van der Waals surface area contributed by atoms with E-state index in [0.717, 1.165) is 5.56 Å². The topological polar surface area (TPSA) is 104 Å². The molecule has 1 unspecified atom stereocenters. The standard InChI is InChI=1S/C14H21N3O3/c1-3-14(2,9-18)17-12(19)11-6-4-10(5-7-11)8-16-13(15)20/h4-7,18H,3,8-9H2,1-2H3,(H,17,19)(H3,15,16,20). The van der Waals surface area contributed by atoms with E-state index in [1.165, 1.54) is 0 Å². The maximum absolute atomic E-state index is 12.0. The molecule has 0 aliphatic rings. The van der Waals surface area contributed by atoms with Gasteiger partial charge in [-0.15, -0.1) is 0 Å². The summed E-state index contributed by atoms with van der Waals surface area (Å²) in [5.74, 6) is -0.238. The molecular weight excluding hydrogens is 258 g/mol. The second-order valence-corrected chi connectivity index (χ2v) is 4.94. The van der Waals surface area contributed by atoms with Crippen LogP contribution in [0.25, 0.3) is 0 Å². The first-order chi connectivity index (χ1) is 9.40. The average molecular weight is 279 g/mol. The molecule has 0 heterocycles. The summed E-state index contributed by atoms with van der Waals surface area (Å²) in [6.07, 6.45) is 0.635. The van der Waals surface area contributed by atoms with Crippen molar-refractivity contribution in [3.05, 3.63) is 35.4 Å². The molecule has 0 saturated carbocycles. The summed E-state index contributed by atoms with van der Waals surface area (Å²) in [4.78, 5) is 22.6. The Bertz CT molecular complexity index is 467. The van der Waals surface area contributed by atoms with Gasteiger partial charge in [-0.1, -0.05) is 19.1 Å². The normalized spacial score (nSPS) is 13.3. The van der Waals surface area contributed by atoms with Crippen LogP contribution in [-0.4, -0.2) is 29.2 Å². The zero-order chi connectivity index (χ0) is 15.2. The maximum atomic E-state index is 12.0. The number of hydrogen-bond acceptors (Lipinski definition) is 3. The van der Waals surface area contributed by atoms with Crippen LogP contribution in [0.3, 0.4) is 0 Å². The first-order valence-electron chi connectivity index (χ1n) is 6.46. The van der Waals surface area contributed by atoms with E-state index in [0.29, 0.717) is 18.5 Å². The molecule has 1 aromatic carbocycles. The second-order valence-electron chi connectivity index (χ2n) is 4.94. The monoisotopic (exact) mass is 279 g/mol. The molecule has 0 bridgehead atoms. The fraction of sp³-hybridized carbons (Fsp3) is 0.429. The van der Waals surface area contributed by atoms with E-state index in [2.05, 4.69) is 10.6 Å². The van der Waals surface area contributed by atoms with Crippen LogP contribution in [0, 0.1) is 0 Å². The van der Waals surface area contributed by atoms with E-state index in [1.54, 1.807) is 31.2 Å². The molecule has 1 rings (SSSR count). The fourth-order valence-corrected chi connectivity index (χ4v) is 1.55. The Labute approximate surface area is 118 Å². The van der Waals surface area contributed by atoms with Gasteiger partial charge < -0.3 is 21.5 Å². The third-order valence-corrected chi connectivity index (χ3v) is 3.23. The largest absolute Gasteiger partial charge is 0.394 e. The molecule has 6 nitrogen and oxygen atoms in total. The highest BCUT2D eigenvalue weighted by Crippen LogP contribution is 2.11. The molecule has 1 aromatic rings. The number of carbonyl (C=O) groups is 2. The number of rotatable bonds is 6. The molecule has 6 heteroatoms. The Morgan fingerprint density at radius 2 is 1.90 bits per heavy atom. The molecule has 0 radical (unpaired) electrons. The number of primary amides is 1. The van der Waals surface area contributed by atoms with Crippen molar-refractivity contribution in [1.29, 1.82) is 0 Å². The minimum absolute atomic E-state index is 0.115. The quantitative estimate of drug-likeness (QED) is 0.617. The average Bonchev–Trinajstić information content (AvgIpc) is 2.45. The number of urea groups is 1. The Morgan fingerprint density at radius 3 is 2.35 bits per heavy atom. The van der Waals surface area contributed by atoms with Crippen LogP contribution in [0.1, 0.15) is 36.2 Å². The summed E-state index contributed by atoms with van der Waals surface area (Å²) in [6.45, 7) is 3.89. The Hall–Kier alpha value is -2.08. The van der Waals surface area contributed by atoms with Gasteiger partial charge in [0.15, 0.2) is 0 Å². The van der Waals surface area contributed by atoms with Crippen LogP contribution >= 0.6 is 0 Å². The minimum atomic E-state index is -0.622. The van der Waals surface area contributed by atoms with Gasteiger partial charge in [-0.05, 0) is 31.0 Å². The molecule has 0 aliphatic carbocycles. The predicted molar refractivity (Wildman–Crippen MR) is 76.1 cm³/mol. The summed E-state index contributed by atoms with van der Waals surface area (Å²) in [7, 11) is 0. The molecule has 0 aliphatic heterocycles. The molecule has 110 valence electrons. The maximum Gasteiger partial charge on any atom is 0.312 e. The third-order valence-electron chi connectivity index (χ3n) is 3.23. The molecule has 0 aromatic heterocycles. The number of aliphatic hydroxyl groups excluding tert-OH is 1. The minimum Gasteiger partial charge on any atom is -0.394 e. The van der Waals surface area contributed by atoms with Gasteiger partial charge >= 0.3 is 6.03 Å². The second kappa shape index (κ2) is 6.91. The SMILES string of the molecule is CCC(C)(CO)NC(=O)c1ccc(CNC(N)=O)cc1. The van der Waals surface area contributed by atoms with E-state index in [-0.39, 0.29) is 12.5 Å². The number of carbonyl (C=O) groups excluding carboxylic acids is 2. The summed E-state index contributed by atoms with van der Waals surface area (Å²) in [6, 6.07) is 6.23. The lowest BCUT2D eigenvalue weighted by molar-refractivity contribution is 0.0847. The van der Waals surface area contributed by atoms with Crippen molar-refractivity contribution < 1.29 is 14.7 Å². The van der Waals surface area contributed by atoms with Crippen molar-refractivity contribution in [2.24, 2.45) is 5.73 Å². The van der Waals surface area contributed by atoms with Crippen LogP contribution in [0.15, 0.2) is 24.3 Å². The molecule has 1 atom stereocenters. The lowest BCUT2D eigenvalue weighted by atomic mass is 9.99. The number of benzene rings is 1. The molecule has 0 spiro atoms. The summed E-state index contributed by atoms with van der Waals surface area (Å²) in [5, 5.41) is 14.6. The number of nitrogens with one attached hydrogen (secondary N) is 2. The van der Waals surface area contributed by atoms with Crippen molar-refractivity contribution in [2.75, 3.05) is 6.61 Å². The zero-order valence-electron chi connectivity index (χ0n) is 11.8. The highest BCUT2D eigenvalue weighted by Gasteiger charge is 2.23. The third kappa shape index (κ3) is 4.55. The van der Waals surface area contributed by atoms with Gasteiger partial charge in [-0.2, -0.15) is 0 Å². The number of nitrogens with two attached hydrogens (primary N) is 1. The van der Waals surface area contributed by atoms with Crippen molar-refractivity contribution in [3.63, 3.8) is 0 Å². The fourth-order valence-electron chi connectivity index (χ4n) is 1.55. The van der Waals surface area contributed by atoms with Crippen molar-refractivity contribution in [1.82, 2.24) is 10.6 Å². The van der Waals surface area contributed by atoms with Crippen molar-refractivity contribution in [2.45, 2.75) is 32.4 Å². The summed E-state index contributed by atoms with van der Waals surface area (Å²) in [5.41, 5.74) is 5.71. The molecule has 0 saturated heterocycles. The van der Waals surface area contributed by atoms with Crippen LogP contribution in [0.4, 0.5) is 4.79 Å². The Balaban J connectivity index is 2.68. The molecule has 20 heavy (non-hydrogen) atoms. The predicted octanol–water partition coefficient (Wildman–Crippen LogP) is 0.746. The van der Waals surface area contributed by atoms with Crippen LogP contribution < -0.4 is 16.4 Å². The number of amides is 3. The Morgan fingerprint density at radius 1 is 1.30 bits per heavy atom. The smallest absolute Gasteiger partial charge is 0.312 e. The lowest BCUT2D eigenvalue weighted by Gasteiger charge is -2.27.